The lowest BCUT2D eigenvalue weighted by Gasteiger charge is -2.35. The highest BCUT2D eigenvalue weighted by Gasteiger charge is 2.22. The number of amides is 2. The van der Waals surface area contributed by atoms with E-state index in [0.717, 1.165) is 37.0 Å². The number of hydrogen-bond donors (Lipinski definition) is 2. The van der Waals surface area contributed by atoms with Gasteiger partial charge in [0, 0.05) is 26.2 Å². The van der Waals surface area contributed by atoms with Crippen LogP contribution in [-0.2, 0) is 17.9 Å². The molecule has 3 rings (SSSR count). The molecule has 2 N–H and O–H groups in total. The van der Waals surface area contributed by atoms with Crippen molar-refractivity contribution in [3.63, 3.8) is 0 Å². The third-order valence-corrected chi connectivity index (χ3v) is 5.13. The van der Waals surface area contributed by atoms with Gasteiger partial charge in [0.15, 0.2) is 0 Å². The molecular formula is C22H29N3O3. The molecule has 28 heavy (non-hydrogen) atoms. The Morgan fingerprint density at radius 3 is 2.46 bits per heavy atom. The fourth-order valence-corrected chi connectivity index (χ4v) is 3.96. The average molecular weight is 383 g/mol. The Balaban J connectivity index is 1.50. The second kappa shape index (κ2) is 9.55. The first-order valence-corrected chi connectivity index (χ1v) is 9.87. The number of benzene rings is 1. The minimum absolute atomic E-state index is 0.0622. The summed E-state index contributed by atoms with van der Waals surface area (Å²) in [5.74, 6) is 0.897. The zero-order valence-electron chi connectivity index (χ0n) is 16.6. The summed E-state index contributed by atoms with van der Waals surface area (Å²) in [7, 11) is 0. The van der Waals surface area contributed by atoms with Crippen molar-refractivity contribution in [3.8, 4) is 0 Å². The number of furan rings is 1. The lowest BCUT2D eigenvalue weighted by molar-refractivity contribution is -0.120. The van der Waals surface area contributed by atoms with Crippen LogP contribution in [0.4, 0.5) is 0 Å². The van der Waals surface area contributed by atoms with Gasteiger partial charge in [-0.3, -0.25) is 14.5 Å². The van der Waals surface area contributed by atoms with E-state index < -0.39 is 0 Å². The molecule has 0 bridgehead atoms. The summed E-state index contributed by atoms with van der Waals surface area (Å²) in [6, 6.07) is 9.78. The maximum Gasteiger partial charge on any atom is 0.254 e. The molecule has 6 heteroatoms. The van der Waals surface area contributed by atoms with Gasteiger partial charge in [-0.1, -0.05) is 38.1 Å². The molecule has 1 saturated heterocycles. The molecule has 150 valence electrons. The quantitative estimate of drug-likeness (QED) is 0.771. The van der Waals surface area contributed by atoms with Crippen molar-refractivity contribution in [1.29, 1.82) is 0 Å². The summed E-state index contributed by atoms with van der Waals surface area (Å²) in [6.45, 7) is 8.15. The number of hydrogen-bond acceptors (Lipinski definition) is 4. The molecule has 0 unspecified atom stereocenters. The smallest absolute Gasteiger partial charge is 0.254 e. The number of piperidine rings is 1. The van der Waals surface area contributed by atoms with Crippen LogP contribution < -0.4 is 10.6 Å². The molecular weight excluding hydrogens is 354 g/mol. The van der Waals surface area contributed by atoms with Gasteiger partial charge in [-0.15, -0.1) is 0 Å². The van der Waals surface area contributed by atoms with Gasteiger partial charge in [-0.25, -0.2) is 0 Å². The highest BCUT2D eigenvalue weighted by atomic mass is 16.3. The molecule has 0 saturated carbocycles. The standard InChI is InChI=1S/C22H29N3O3/c1-16-9-17(2)13-25(12-16)14-19-6-4-3-5-18(19)10-23-21(26)11-24-22(27)20-7-8-28-15-20/h3-8,15-17H,9-14H2,1-2H3,(H,23,26)(H,24,27)/t16-,17-/m1/s1. The van der Waals surface area contributed by atoms with E-state index in [2.05, 4.69) is 41.5 Å². The number of carbonyl (C=O) groups excluding carboxylic acids is 2. The molecule has 1 fully saturated rings. The highest BCUT2D eigenvalue weighted by molar-refractivity contribution is 5.96. The molecule has 1 aliphatic heterocycles. The van der Waals surface area contributed by atoms with Gasteiger partial charge in [0.25, 0.3) is 5.91 Å². The summed E-state index contributed by atoms with van der Waals surface area (Å²) >= 11 is 0. The second-order valence-electron chi connectivity index (χ2n) is 7.88. The van der Waals surface area contributed by atoms with E-state index in [-0.39, 0.29) is 18.4 Å². The summed E-state index contributed by atoms with van der Waals surface area (Å²) in [5, 5.41) is 5.49. The highest BCUT2D eigenvalue weighted by Crippen LogP contribution is 2.23. The summed E-state index contributed by atoms with van der Waals surface area (Å²) in [6.07, 6.45) is 4.07. The summed E-state index contributed by atoms with van der Waals surface area (Å²) < 4.78 is 4.87. The summed E-state index contributed by atoms with van der Waals surface area (Å²) in [4.78, 5) is 26.5. The van der Waals surface area contributed by atoms with E-state index in [9.17, 15) is 9.59 Å². The predicted molar refractivity (Wildman–Crippen MR) is 108 cm³/mol. The maximum atomic E-state index is 12.1. The van der Waals surface area contributed by atoms with E-state index in [4.69, 9.17) is 4.42 Å². The number of rotatable bonds is 7. The number of nitrogens with zero attached hydrogens (tertiary/aromatic N) is 1. The third-order valence-electron chi connectivity index (χ3n) is 5.13. The Hall–Kier alpha value is -2.60. The van der Waals surface area contributed by atoms with E-state index in [1.54, 1.807) is 6.07 Å². The zero-order valence-corrected chi connectivity index (χ0v) is 16.6. The maximum absolute atomic E-state index is 12.1. The van der Waals surface area contributed by atoms with Gasteiger partial charge in [-0.05, 0) is 35.4 Å². The van der Waals surface area contributed by atoms with E-state index >= 15 is 0 Å². The van der Waals surface area contributed by atoms with Crippen molar-refractivity contribution < 1.29 is 14.0 Å². The molecule has 1 aliphatic rings. The predicted octanol–water partition coefficient (Wildman–Crippen LogP) is 2.80. The lowest BCUT2D eigenvalue weighted by atomic mass is 9.91. The summed E-state index contributed by atoms with van der Waals surface area (Å²) in [5.41, 5.74) is 2.76. The van der Waals surface area contributed by atoms with Crippen LogP contribution in [-0.4, -0.2) is 36.3 Å². The van der Waals surface area contributed by atoms with Gasteiger partial charge in [0.05, 0.1) is 18.4 Å². The van der Waals surface area contributed by atoms with Crippen molar-refractivity contribution in [1.82, 2.24) is 15.5 Å². The minimum atomic E-state index is -0.322. The molecule has 6 nitrogen and oxygen atoms in total. The number of carbonyl (C=O) groups is 2. The van der Waals surface area contributed by atoms with E-state index in [1.807, 2.05) is 12.1 Å². The SMILES string of the molecule is C[C@@H]1C[C@@H](C)CN(Cc2ccccc2CNC(=O)CNC(=O)c2ccoc2)C1. The Kier molecular flexibility index (Phi) is 6.87. The van der Waals surface area contributed by atoms with Crippen molar-refractivity contribution in [2.24, 2.45) is 11.8 Å². The van der Waals surface area contributed by atoms with Crippen molar-refractivity contribution in [2.45, 2.75) is 33.4 Å². The first-order chi connectivity index (χ1) is 13.5. The van der Waals surface area contributed by atoms with Crippen LogP contribution in [0.2, 0.25) is 0 Å². The Morgan fingerprint density at radius 2 is 1.79 bits per heavy atom. The van der Waals surface area contributed by atoms with Gasteiger partial charge >= 0.3 is 0 Å². The third kappa shape index (κ3) is 5.70. The van der Waals surface area contributed by atoms with Crippen LogP contribution in [0.15, 0.2) is 47.3 Å². The minimum Gasteiger partial charge on any atom is -0.472 e. The van der Waals surface area contributed by atoms with E-state index in [1.165, 1.54) is 24.5 Å². The van der Waals surface area contributed by atoms with Crippen LogP contribution in [0.5, 0.6) is 0 Å². The fraction of sp³-hybridized carbons (Fsp3) is 0.455. The van der Waals surface area contributed by atoms with Gasteiger partial charge < -0.3 is 15.1 Å². The van der Waals surface area contributed by atoms with Gasteiger partial charge in [-0.2, -0.15) is 0 Å². The first-order valence-electron chi connectivity index (χ1n) is 9.87. The Labute approximate surface area is 166 Å². The molecule has 1 aromatic heterocycles. The zero-order chi connectivity index (χ0) is 19.9. The molecule has 2 aromatic rings. The number of likely N-dealkylation sites (tertiary alicyclic amines) is 1. The normalized spacial score (nSPS) is 19.9. The number of nitrogens with one attached hydrogen (secondary N) is 2. The molecule has 1 aromatic carbocycles. The van der Waals surface area contributed by atoms with Crippen molar-refractivity contribution in [2.75, 3.05) is 19.6 Å². The van der Waals surface area contributed by atoms with Crippen molar-refractivity contribution >= 4 is 11.8 Å². The van der Waals surface area contributed by atoms with Crippen LogP contribution in [0, 0.1) is 11.8 Å². The van der Waals surface area contributed by atoms with Crippen LogP contribution in [0.3, 0.4) is 0 Å². The van der Waals surface area contributed by atoms with Gasteiger partial charge in [0.2, 0.25) is 5.91 Å². The monoisotopic (exact) mass is 383 g/mol. The molecule has 2 heterocycles. The largest absolute Gasteiger partial charge is 0.472 e. The Bertz CT molecular complexity index is 778. The van der Waals surface area contributed by atoms with Crippen molar-refractivity contribution in [3.05, 3.63) is 59.5 Å². The molecule has 0 aliphatic carbocycles. The lowest BCUT2D eigenvalue weighted by Crippen LogP contribution is -2.38. The molecule has 2 atom stereocenters. The van der Waals surface area contributed by atoms with Crippen LogP contribution in [0.25, 0.3) is 0 Å². The molecule has 2 amide bonds. The molecule has 0 radical (unpaired) electrons. The van der Waals surface area contributed by atoms with Crippen LogP contribution in [0.1, 0.15) is 41.8 Å². The average Bonchev–Trinajstić information content (AvgIpc) is 3.19. The first kappa shape index (κ1) is 20.1. The second-order valence-corrected chi connectivity index (χ2v) is 7.88. The fourth-order valence-electron chi connectivity index (χ4n) is 3.96. The van der Waals surface area contributed by atoms with Gasteiger partial charge in [0.1, 0.15) is 6.26 Å². The van der Waals surface area contributed by atoms with E-state index in [0.29, 0.717) is 12.1 Å². The molecule has 0 spiro atoms. The van der Waals surface area contributed by atoms with Crippen LogP contribution >= 0.6 is 0 Å². The Morgan fingerprint density at radius 1 is 1.07 bits per heavy atom. The topological polar surface area (TPSA) is 74.6 Å².